The fraction of sp³-hybridized carbons (Fsp3) is 0.200. The van der Waals surface area contributed by atoms with E-state index < -0.39 is 0 Å². The summed E-state index contributed by atoms with van der Waals surface area (Å²) in [6, 6.07) is 15.9. The molecule has 0 aliphatic carbocycles. The van der Waals surface area contributed by atoms with E-state index in [0.29, 0.717) is 5.56 Å². The molecule has 0 aliphatic rings. The van der Waals surface area contributed by atoms with Gasteiger partial charge in [-0.1, -0.05) is 43.7 Å². The van der Waals surface area contributed by atoms with E-state index in [0.717, 1.165) is 23.3 Å². The molecule has 2 heterocycles. The molecular weight excluding hydrogens is 316 g/mol. The number of aromatic nitrogens is 1. The van der Waals surface area contributed by atoms with Crippen LogP contribution in [0.25, 0.3) is 0 Å². The predicted octanol–water partition coefficient (Wildman–Crippen LogP) is 4.62. The van der Waals surface area contributed by atoms with E-state index in [4.69, 9.17) is 0 Å². The summed E-state index contributed by atoms with van der Waals surface area (Å²) in [5.74, 6) is -0.0894. The Balaban J connectivity index is 1.86. The number of pyridine rings is 1. The summed E-state index contributed by atoms with van der Waals surface area (Å²) >= 11 is 1.65. The van der Waals surface area contributed by atoms with Crippen LogP contribution in [0.1, 0.15) is 45.7 Å². The van der Waals surface area contributed by atoms with Crippen LogP contribution < -0.4 is 5.32 Å². The first-order valence-electron chi connectivity index (χ1n) is 8.11. The quantitative estimate of drug-likeness (QED) is 0.714. The Morgan fingerprint density at radius 3 is 2.50 bits per heavy atom. The Bertz CT molecular complexity index is 767. The summed E-state index contributed by atoms with van der Waals surface area (Å²) < 4.78 is 0. The van der Waals surface area contributed by atoms with Gasteiger partial charge in [0.25, 0.3) is 5.91 Å². The number of aryl methyl sites for hydroxylation is 1. The third-order valence-corrected chi connectivity index (χ3v) is 4.83. The minimum Gasteiger partial charge on any atom is -0.340 e. The highest BCUT2D eigenvalue weighted by Crippen LogP contribution is 2.27. The fourth-order valence-corrected chi connectivity index (χ4v) is 3.46. The Hall–Kier alpha value is -2.46. The van der Waals surface area contributed by atoms with E-state index >= 15 is 0 Å². The summed E-state index contributed by atoms with van der Waals surface area (Å²) in [6.07, 6.45) is 5.48. The standard InChI is InChI=1S/C20H20N2OS/c1-2-4-15-6-8-16(9-7-15)19(18-5-3-14-24-18)22-20(23)17-10-12-21-13-11-17/h3,5-14,19H,2,4H2,1H3,(H,22,23). The number of carbonyl (C=O) groups is 1. The zero-order chi connectivity index (χ0) is 16.8. The smallest absolute Gasteiger partial charge is 0.252 e. The number of nitrogens with one attached hydrogen (secondary N) is 1. The van der Waals surface area contributed by atoms with Crippen LogP contribution in [0, 0.1) is 0 Å². The summed E-state index contributed by atoms with van der Waals surface area (Å²) in [6.45, 7) is 2.18. The molecule has 0 spiro atoms. The van der Waals surface area contributed by atoms with Gasteiger partial charge in [-0.05, 0) is 41.1 Å². The molecule has 24 heavy (non-hydrogen) atoms. The third kappa shape index (κ3) is 3.89. The van der Waals surface area contributed by atoms with E-state index in [2.05, 4.69) is 47.6 Å². The maximum atomic E-state index is 12.6. The van der Waals surface area contributed by atoms with Crippen molar-refractivity contribution in [2.75, 3.05) is 0 Å². The van der Waals surface area contributed by atoms with Crippen LogP contribution in [0.3, 0.4) is 0 Å². The first-order valence-corrected chi connectivity index (χ1v) is 8.99. The van der Waals surface area contributed by atoms with Gasteiger partial charge in [-0.15, -0.1) is 11.3 Å². The van der Waals surface area contributed by atoms with Crippen molar-refractivity contribution in [1.82, 2.24) is 10.3 Å². The van der Waals surface area contributed by atoms with Gasteiger partial charge in [-0.2, -0.15) is 0 Å². The van der Waals surface area contributed by atoms with Crippen LogP contribution in [0.5, 0.6) is 0 Å². The van der Waals surface area contributed by atoms with Crippen LogP contribution in [-0.2, 0) is 6.42 Å². The van der Waals surface area contributed by atoms with Crippen molar-refractivity contribution in [2.45, 2.75) is 25.8 Å². The average Bonchev–Trinajstić information content (AvgIpc) is 3.16. The zero-order valence-corrected chi connectivity index (χ0v) is 14.4. The summed E-state index contributed by atoms with van der Waals surface area (Å²) in [4.78, 5) is 17.6. The first-order chi connectivity index (χ1) is 11.8. The largest absolute Gasteiger partial charge is 0.340 e. The van der Waals surface area contributed by atoms with Gasteiger partial charge in [0.2, 0.25) is 0 Å². The molecule has 0 radical (unpaired) electrons. The molecule has 2 aromatic heterocycles. The highest BCUT2D eigenvalue weighted by molar-refractivity contribution is 7.10. The van der Waals surface area contributed by atoms with Crippen molar-refractivity contribution in [1.29, 1.82) is 0 Å². The molecule has 1 atom stereocenters. The normalized spacial score (nSPS) is 11.9. The molecule has 1 amide bonds. The van der Waals surface area contributed by atoms with Crippen molar-refractivity contribution < 1.29 is 4.79 Å². The number of hydrogen-bond donors (Lipinski definition) is 1. The van der Waals surface area contributed by atoms with Crippen LogP contribution >= 0.6 is 11.3 Å². The van der Waals surface area contributed by atoms with Crippen molar-refractivity contribution in [3.05, 3.63) is 87.9 Å². The summed E-state index contributed by atoms with van der Waals surface area (Å²) in [5.41, 5.74) is 3.04. The molecule has 1 N–H and O–H groups in total. The van der Waals surface area contributed by atoms with Crippen molar-refractivity contribution in [3.8, 4) is 0 Å². The maximum Gasteiger partial charge on any atom is 0.252 e. The zero-order valence-electron chi connectivity index (χ0n) is 13.6. The highest BCUT2D eigenvalue weighted by Gasteiger charge is 2.18. The SMILES string of the molecule is CCCc1ccc(C(NC(=O)c2ccncc2)c2cccs2)cc1. The van der Waals surface area contributed by atoms with Gasteiger partial charge in [0.05, 0.1) is 6.04 Å². The molecule has 1 unspecified atom stereocenters. The van der Waals surface area contributed by atoms with Gasteiger partial charge in [0, 0.05) is 22.8 Å². The minimum absolute atomic E-state index is 0.0894. The van der Waals surface area contributed by atoms with Gasteiger partial charge >= 0.3 is 0 Å². The van der Waals surface area contributed by atoms with Gasteiger partial charge in [0.1, 0.15) is 0 Å². The molecule has 3 nitrogen and oxygen atoms in total. The molecule has 0 fully saturated rings. The molecule has 3 rings (SSSR count). The second kappa shape index (κ2) is 7.88. The lowest BCUT2D eigenvalue weighted by Crippen LogP contribution is -2.28. The first kappa shape index (κ1) is 16.4. The number of nitrogens with zero attached hydrogens (tertiary/aromatic N) is 1. The molecule has 0 bridgehead atoms. The van der Waals surface area contributed by atoms with Crippen LogP contribution in [0.2, 0.25) is 0 Å². The van der Waals surface area contributed by atoms with Gasteiger partial charge in [-0.25, -0.2) is 0 Å². The third-order valence-electron chi connectivity index (χ3n) is 3.90. The van der Waals surface area contributed by atoms with E-state index in [1.54, 1.807) is 35.9 Å². The number of benzene rings is 1. The molecule has 1 aromatic carbocycles. The van der Waals surface area contributed by atoms with Crippen molar-refractivity contribution in [3.63, 3.8) is 0 Å². The van der Waals surface area contributed by atoms with E-state index in [1.165, 1.54) is 5.56 Å². The number of hydrogen-bond acceptors (Lipinski definition) is 3. The molecule has 0 saturated heterocycles. The molecule has 0 aliphatic heterocycles. The lowest BCUT2D eigenvalue weighted by atomic mass is 10.0. The minimum atomic E-state index is -0.138. The lowest BCUT2D eigenvalue weighted by Gasteiger charge is -2.18. The molecule has 122 valence electrons. The Morgan fingerprint density at radius 2 is 1.88 bits per heavy atom. The van der Waals surface area contributed by atoms with Crippen LogP contribution in [0.15, 0.2) is 66.3 Å². The topological polar surface area (TPSA) is 42.0 Å². The second-order valence-corrected chi connectivity index (χ2v) is 6.63. The Kier molecular flexibility index (Phi) is 5.39. The molecule has 0 saturated carbocycles. The van der Waals surface area contributed by atoms with Gasteiger partial charge in [-0.3, -0.25) is 9.78 Å². The number of rotatable bonds is 6. The van der Waals surface area contributed by atoms with Gasteiger partial charge < -0.3 is 5.32 Å². The number of thiophene rings is 1. The molecule has 4 heteroatoms. The Labute approximate surface area is 146 Å². The maximum absolute atomic E-state index is 12.6. The molecule has 3 aromatic rings. The van der Waals surface area contributed by atoms with E-state index in [1.807, 2.05) is 11.4 Å². The van der Waals surface area contributed by atoms with Crippen molar-refractivity contribution in [2.24, 2.45) is 0 Å². The predicted molar refractivity (Wildman–Crippen MR) is 98.3 cm³/mol. The average molecular weight is 336 g/mol. The highest BCUT2D eigenvalue weighted by atomic mass is 32.1. The van der Waals surface area contributed by atoms with Crippen LogP contribution in [0.4, 0.5) is 0 Å². The van der Waals surface area contributed by atoms with E-state index in [-0.39, 0.29) is 11.9 Å². The summed E-state index contributed by atoms with van der Waals surface area (Å²) in [7, 11) is 0. The second-order valence-electron chi connectivity index (χ2n) is 5.65. The van der Waals surface area contributed by atoms with Crippen LogP contribution in [-0.4, -0.2) is 10.9 Å². The van der Waals surface area contributed by atoms with Gasteiger partial charge in [0.15, 0.2) is 0 Å². The van der Waals surface area contributed by atoms with E-state index in [9.17, 15) is 4.79 Å². The van der Waals surface area contributed by atoms with Crippen molar-refractivity contribution >= 4 is 17.2 Å². The number of amides is 1. The number of carbonyl (C=O) groups excluding carboxylic acids is 1. The summed E-state index contributed by atoms with van der Waals surface area (Å²) in [5, 5.41) is 5.18. The lowest BCUT2D eigenvalue weighted by molar-refractivity contribution is 0.0943. The Morgan fingerprint density at radius 1 is 1.12 bits per heavy atom. The fourth-order valence-electron chi connectivity index (χ4n) is 2.66. The monoisotopic (exact) mass is 336 g/mol. The molecular formula is C20H20N2OS.